The van der Waals surface area contributed by atoms with Gasteiger partial charge in [0.15, 0.2) is 5.65 Å². The average molecular weight is 434 g/mol. The molecule has 0 aliphatic carbocycles. The van der Waals surface area contributed by atoms with E-state index < -0.39 is 0 Å². The van der Waals surface area contributed by atoms with Crippen LogP contribution >= 0.6 is 15.9 Å². The number of anilines is 1. The predicted octanol–water partition coefficient (Wildman–Crippen LogP) is 2.75. The number of alkyl halides is 1. The summed E-state index contributed by atoms with van der Waals surface area (Å²) < 4.78 is 7.38. The largest absolute Gasteiger partial charge is 0.493 e. The van der Waals surface area contributed by atoms with E-state index in [0.717, 1.165) is 6.42 Å². The molecule has 0 spiro atoms. The lowest BCUT2D eigenvalue weighted by atomic mass is 10.1. The van der Waals surface area contributed by atoms with E-state index in [1.807, 2.05) is 6.92 Å². The van der Waals surface area contributed by atoms with Crippen LogP contribution in [0.1, 0.15) is 19.0 Å². The quantitative estimate of drug-likeness (QED) is 0.581. The molecule has 2 N–H and O–H groups in total. The maximum atomic E-state index is 12.6. The number of nitrogens with zero attached hydrogens (tertiary/aromatic N) is 3. The fourth-order valence-corrected chi connectivity index (χ4v) is 2.94. The van der Waals surface area contributed by atoms with Gasteiger partial charge in [-0.05, 0) is 31.5 Å². The molecule has 0 unspecified atom stereocenters. The lowest BCUT2D eigenvalue weighted by Crippen LogP contribution is -2.13. The van der Waals surface area contributed by atoms with Gasteiger partial charge >= 0.3 is 0 Å². The van der Waals surface area contributed by atoms with Gasteiger partial charge in [-0.2, -0.15) is 5.10 Å². The highest BCUT2D eigenvalue weighted by Crippen LogP contribution is 2.31. The van der Waals surface area contributed by atoms with Gasteiger partial charge in [0.05, 0.1) is 23.2 Å². The molecule has 0 aliphatic rings. The zero-order valence-corrected chi connectivity index (χ0v) is 16.9. The van der Waals surface area contributed by atoms with Crippen molar-refractivity contribution >= 4 is 38.6 Å². The van der Waals surface area contributed by atoms with Gasteiger partial charge in [0, 0.05) is 12.7 Å². The van der Waals surface area contributed by atoms with E-state index in [4.69, 9.17) is 4.74 Å². The molecule has 2 heterocycles. The highest BCUT2D eigenvalue weighted by Gasteiger charge is 2.16. The Morgan fingerprint density at radius 3 is 2.89 bits per heavy atom. The first-order valence-corrected chi connectivity index (χ1v) is 9.63. The molecule has 142 valence electrons. The smallest absolute Gasteiger partial charge is 0.262 e. The number of nitrogens with one attached hydrogen (secondary N) is 2. The summed E-state index contributed by atoms with van der Waals surface area (Å²) in [6.07, 6.45) is 0.839. The summed E-state index contributed by atoms with van der Waals surface area (Å²) in [5.41, 5.74) is 2.02. The molecule has 9 heteroatoms. The van der Waals surface area contributed by atoms with Gasteiger partial charge in [0.25, 0.3) is 5.56 Å². The first-order chi connectivity index (χ1) is 12.9. The van der Waals surface area contributed by atoms with Crippen molar-refractivity contribution in [2.45, 2.75) is 20.3 Å². The van der Waals surface area contributed by atoms with Gasteiger partial charge in [-0.15, -0.1) is 0 Å². The van der Waals surface area contributed by atoms with Crippen molar-refractivity contribution < 1.29 is 9.53 Å². The molecule has 3 aromatic rings. The van der Waals surface area contributed by atoms with Gasteiger partial charge in [0.2, 0.25) is 5.91 Å². The Morgan fingerprint density at radius 2 is 2.19 bits per heavy atom. The van der Waals surface area contributed by atoms with Crippen LogP contribution in [0.25, 0.3) is 22.4 Å². The molecule has 0 saturated heterocycles. The van der Waals surface area contributed by atoms with Gasteiger partial charge in [-0.1, -0.05) is 22.9 Å². The number of hydrogen-bond donors (Lipinski definition) is 2. The predicted molar refractivity (Wildman–Crippen MR) is 108 cm³/mol. The molecule has 2 aromatic heterocycles. The number of aromatic amines is 1. The third kappa shape index (κ3) is 3.87. The second-order valence-corrected chi connectivity index (χ2v) is 6.62. The van der Waals surface area contributed by atoms with Crippen molar-refractivity contribution in [1.29, 1.82) is 0 Å². The summed E-state index contributed by atoms with van der Waals surface area (Å²) in [6.45, 7) is 4.30. The number of aryl methyl sites for hydroxylation is 2. The zero-order valence-electron chi connectivity index (χ0n) is 15.3. The second kappa shape index (κ2) is 7.91. The van der Waals surface area contributed by atoms with E-state index in [-0.39, 0.29) is 16.8 Å². The highest BCUT2D eigenvalue weighted by atomic mass is 79.9. The molecule has 0 radical (unpaired) electrons. The minimum absolute atomic E-state index is 0.178. The van der Waals surface area contributed by atoms with E-state index >= 15 is 0 Å². The molecule has 0 bridgehead atoms. The van der Waals surface area contributed by atoms with Crippen LogP contribution in [0, 0.1) is 6.92 Å². The fourth-order valence-electron chi connectivity index (χ4n) is 2.80. The summed E-state index contributed by atoms with van der Waals surface area (Å²) in [5.74, 6) is 0.758. The molecule has 8 nitrogen and oxygen atoms in total. The maximum absolute atomic E-state index is 12.6. The second-order valence-electron chi connectivity index (χ2n) is 6.06. The number of benzene rings is 1. The van der Waals surface area contributed by atoms with E-state index in [0.29, 0.717) is 46.2 Å². The van der Waals surface area contributed by atoms with Crippen LogP contribution in [0.4, 0.5) is 5.69 Å². The lowest BCUT2D eigenvalue weighted by Gasteiger charge is -2.13. The maximum Gasteiger partial charge on any atom is 0.262 e. The standard InChI is InChI=1S/C18H20BrN5O3/c1-4-7-27-13-6-5-11(20-14(25)9-19)8-12(13)16-21-17-15(18(26)22-16)10(2)23-24(17)3/h5-6,8H,4,7,9H2,1-3H3,(H,20,25)(H,21,22,26). The van der Waals surface area contributed by atoms with Crippen LogP contribution in [0.15, 0.2) is 23.0 Å². The highest BCUT2D eigenvalue weighted by molar-refractivity contribution is 9.09. The number of aromatic nitrogens is 4. The van der Waals surface area contributed by atoms with Crippen LogP contribution in [0.2, 0.25) is 0 Å². The molecule has 0 aliphatic heterocycles. The Bertz CT molecular complexity index is 1060. The third-order valence-electron chi connectivity index (χ3n) is 3.97. The van der Waals surface area contributed by atoms with E-state index in [1.54, 1.807) is 36.9 Å². The molecule has 3 rings (SSSR count). The first kappa shape index (κ1) is 19.1. The third-order valence-corrected chi connectivity index (χ3v) is 4.48. The van der Waals surface area contributed by atoms with Crippen LogP contribution in [0.5, 0.6) is 5.75 Å². The molecule has 0 fully saturated rings. The SMILES string of the molecule is CCCOc1ccc(NC(=O)CBr)cc1-c1nc2c(c(C)nn2C)c(=O)[nH]1. The minimum atomic E-state index is -0.267. The van der Waals surface area contributed by atoms with Gasteiger partial charge in [-0.25, -0.2) is 9.67 Å². The van der Waals surface area contributed by atoms with Crippen molar-refractivity contribution in [3.8, 4) is 17.1 Å². The van der Waals surface area contributed by atoms with Crippen molar-refractivity contribution in [1.82, 2.24) is 19.7 Å². The van der Waals surface area contributed by atoms with Crippen LogP contribution in [0.3, 0.4) is 0 Å². The fraction of sp³-hybridized carbons (Fsp3) is 0.333. The normalized spacial score (nSPS) is 11.0. The van der Waals surface area contributed by atoms with Gasteiger partial charge in [-0.3, -0.25) is 9.59 Å². The van der Waals surface area contributed by atoms with Gasteiger partial charge in [0.1, 0.15) is 17.0 Å². The molecular formula is C18H20BrN5O3. The zero-order chi connectivity index (χ0) is 19.6. The Labute approximate surface area is 164 Å². The summed E-state index contributed by atoms with van der Waals surface area (Å²) in [6, 6.07) is 5.24. The number of H-pyrrole nitrogens is 1. The first-order valence-electron chi connectivity index (χ1n) is 8.51. The molecule has 1 aromatic carbocycles. The number of amides is 1. The Morgan fingerprint density at radius 1 is 1.41 bits per heavy atom. The van der Waals surface area contributed by atoms with E-state index in [2.05, 4.69) is 36.3 Å². The van der Waals surface area contributed by atoms with Crippen molar-refractivity contribution in [3.63, 3.8) is 0 Å². The summed E-state index contributed by atoms with van der Waals surface area (Å²) >= 11 is 3.13. The molecule has 0 saturated carbocycles. The lowest BCUT2D eigenvalue weighted by molar-refractivity contribution is -0.113. The molecule has 0 atom stereocenters. The van der Waals surface area contributed by atoms with Gasteiger partial charge < -0.3 is 15.0 Å². The number of ether oxygens (including phenoxy) is 1. The molecular weight excluding hydrogens is 414 g/mol. The van der Waals surface area contributed by atoms with Crippen LogP contribution in [-0.2, 0) is 11.8 Å². The Hall–Kier alpha value is -2.68. The number of carbonyl (C=O) groups excluding carboxylic acids is 1. The Kier molecular flexibility index (Phi) is 5.59. The van der Waals surface area contributed by atoms with Crippen molar-refractivity contribution in [2.24, 2.45) is 7.05 Å². The van der Waals surface area contributed by atoms with Crippen molar-refractivity contribution in [3.05, 3.63) is 34.2 Å². The Balaban J connectivity index is 2.16. The molecule has 27 heavy (non-hydrogen) atoms. The van der Waals surface area contributed by atoms with Crippen molar-refractivity contribution in [2.75, 3.05) is 17.3 Å². The number of fused-ring (bicyclic) bond motifs is 1. The monoisotopic (exact) mass is 433 g/mol. The minimum Gasteiger partial charge on any atom is -0.493 e. The van der Waals surface area contributed by atoms with Crippen LogP contribution < -0.4 is 15.6 Å². The topological polar surface area (TPSA) is 102 Å². The summed E-state index contributed by atoms with van der Waals surface area (Å²) in [4.78, 5) is 31.7. The molecule has 1 amide bonds. The van der Waals surface area contributed by atoms with Crippen LogP contribution in [-0.4, -0.2) is 37.6 Å². The number of carbonyl (C=O) groups is 1. The average Bonchev–Trinajstić information content (AvgIpc) is 2.94. The number of rotatable bonds is 6. The summed E-state index contributed by atoms with van der Waals surface area (Å²) in [7, 11) is 1.74. The summed E-state index contributed by atoms with van der Waals surface area (Å²) in [5, 5.41) is 7.69. The van der Waals surface area contributed by atoms with E-state index in [1.165, 1.54) is 0 Å². The van der Waals surface area contributed by atoms with E-state index in [9.17, 15) is 9.59 Å². The number of hydrogen-bond acceptors (Lipinski definition) is 5. The number of halogens is 1.